The van der Waals surface area contributed by atoms with Crippen molar-refractivity contribution in [1.82, 2.24) is 10.8 Å². The molecule has 6 heteroatoms. The third-order valence-electron chi connectivity index (χ3n) is 2.05. The molecule has 6 nitrogen and oxygen atoms in total. The van der Waals surface area contributed by atoms with Gasteiger partial charge in [0.25, 0.3) is 5.91 Å². The van der Waals surface area contributed by atoms with Crippen LogP contribution in [0.1, 0.15) is 19.8 Å². The predicted octanol–water partition coefficient (Wildman–Crippen LogP) is -1.34. The molecule has 1 aliphatic rings. The first-order chi connectivity index (χ1) is 6.63. The molecule has 80 valence electrons. The zero-order valence-corrected chi connectivity index (χ0v) is 8.08. The lowest BCUT2D eigenvalue weighted by Crippen LogP contribution is -2.43. The van der Waals surface area contributed by atoms with Crippen LogP contribution in [-0.4, -0.2) is 30.5 Å². The zero-order valence-electron chi connectivity index (χ0n) is 8.08. The van der Waals surface area contributed by atoms with Crippen molar-refractivity contribution in [2.45, 2.75) is 31.8 Å². The third-order valence-corrected chi connectivity index (χ3v) is 2.05. The van der Waals surface area contributed by atoms with Gasteiger partial charge < -0.3 is 11.1 Å². The molecule has 0 aromatic carbocycles. The van der Waals surface area contributed by atoms with Gasteiger partial charge >= 0.3 is 0 Å². The van der Waals surface area contributed by atoms with Crippen molar-refractivity contribution in [1.29, 1.82) is 0 Å². The van der Waals surface area contributed by atoms with E-state index >= 15 is 0 Å². The summed E-state index contributed by atoms with van der Waals surface area (Å²) < 4.78 is 0. The van der Waals surface area contributed by atoms with Gasteiger partial charge in [0.2, 0.25) is 5.91 Å². The number of carbonyl (C=O) groups is 2. The molecule has 1 rings (SSSR count). The van der Waals surface area contributed by atoms with Gasteiger partial charge in [-0.1, -0.05) is 6.92 Å². The molecule has 1 unspecified atom stereocenters. The third kappa shape index (κ3) is 2.97. The molecule has 1 fully saturated rings. The molecule has 1 heterocycles. The number of carbonyl (C=O) groups excluding carboxylic acids is 2. The largest absolute Gasteiger partial charge is 0.342 e. The fraction of sp³-hybridized carbons (Fsp3) is 0.750. The Balaban J connectivity index is 2.29. The molecule has 2 amide bonds. The number of nitrogens with one attached hydrogen (secondary N) is 2. The summed E-state index contributed by atoms with van der Waals surface area (Å²) in [6.45, 7) is 2.08. The predicted molar refractivity (Wildman–Crippen MR) is 48.9 cm³/mol. The Kier molecular flexibility index (Phi) is 3.84. The SMILES string of the molecule is CCC(N)CC(=O)N[C@@H]1CONC1=O. The van der Waals surface area contributed by atoms with Gasteiger partial charge in [-0.15, -0.1) is 0 Å². The maximum atomic E-state index is 11.3. The van der Waals surface area contributed by atoms with Gasteiger partial charge in [-0.3, -0.25) is 14.4 Å². The summed E-state index contributed by atoms with van der Waals surface area (Å²) in [5, 5.41) is 2.54. The van der Waals surface area contributed by atoms with E-state index in [0.717, 1.165) is 6.42 Å². The first-order valence-electron chi connectivity index (χ1n) is 4.60. The maximum Gasteiger partial charge on any atom is 0.268 e. The van der Waals surface area contributed by atoms with E-state index < -0.39 is 6.04 Å². The Hall–Kier alpha value is -1.14. The number of amides is 2. The molecule has 0 aliphatic carbocycles. The highest BCUT2D eigenvalue weighted by Gasteiger charge is 2.27. The van der Waals surface area contributed by atoms with E-state index in [1.54, 1.807) is 0 Å². The van der Waals surface area contributed by atoms with E-state index in [4.69, 9.17) is 5.73 Å². The Morgan fingerprint density at radius 3 is 3.07 bits per heavy atom. The molecule has 4 N–H and O–H groups in total. The van der Waals surface area contributed by atoms with Crippen molar-refractivity contribution < 1.29 is 14.4 Å². The summed E-state index contributed by atoms with van der Waals surface area (Å²) in [7, 11) is 0. The number of hydrogen-bond acceptors (Lipinski definition) is 4. The van der Waals surface area contributed by atoms with Crippen molar-refractivity contribution in [3.63, 3.8) is 0 Å². The quantitative estimate of drug-likeness (QED) is 0.525. The normalized spacial score (nSPS) is 23.0. The minimum absolute atomic E-state index is 0.152. The maximum absolute atomic E-state index is 11.3. The molecule has 14 heavy (non-hydrogen) atoms. The highest BCUT2D eigenvalue weighted by molar-refractivity contribution is 5.88. The Morgan fingerprint density at radius 2 is 2.57 bits per heavy atom. The fourth-order valence-electron chi connectivity index (χ4n) is 1.09. The smallest absolute Gasteiger partial charge is 0.268 e. The van der Waals surface area contributed by atoms with Crippen molar-refractivity contribution >= 4 is 11.8 Å². The molecule has 0 bridgehead atoms. The fourth-order valence-corrected chi connectivity index (χ4v) is 1.09. The minimum Gasteiger partial charge on any atom is -0.342 e. The van der Waals surface area contributed by atoms with E-state index in [1.807, 2.05) is 6.92 Å². The highest BCUT2D eigenvalue weighted by Crippen LogP contribution is 1.97. The second-order valence-electron chi connectivity index (χ2n) is 3.27. The number of rotatable bonds is 4. The van der Waals surface area contributed by atoms with E-state index in [0.29, 0.717) is 0 Å². The van der Waals surface area contributed by atoms with Crippen molar-refractivity contribution in [2.75, 3.05) is 6.61 Å². The lowest BCUT2D eigenvalue weighted by atomic mass is 10.1. The van der Waals surface area contributed by atoms with Crippen molar-refractivity contribution in [3.05, 3.63) is 0 Å². The molecule has 0 aromatic heterocycles. The molecular formula is C8H15N3O3. The van der Waals surface area contributed by atoms with Crippen LogP contribution in [0.5, 0.6) is 0 Å². The molecular weight excluding hydrogens is 186 g/mol. The van der Waals surface area contributed by atoms with Gasteiger partial charge in [-0.25, -0.2) is 5.48 Å². The lowest BCUT2D eigenvalue weighted by Gasteiger charge is -2.11. The van der Waals surface area contributed by atoms with Gasteiger partial charge in [0.1, 0.15) is 12.6 Å². The van der Waals surface area contributed by atoms with E-state index in [2.05, 4.69) is 15.6 Å². The first-order valence-corrected chi connectivity index (χ1v) is 4.60. The van der Waals surface area contributed by atoms with Crippen LogP contribution in [0.3, 0.4) is 0 Å². The van der Waals surface area contributed by atoms with Crippen LogP contribution < -0.4 is 16.5 Å². The van der Waals surface area contributed by atoms with Crippen LogP contribution in [0, 0.1) is 0 Å². The van der Waals surface area contributed by atoms with Gasteiger partial charge in [-0.05, 0) is 6.42 Å². The van der Waals surface area contributed by atoms with Crippen LogP contribution in [0.25, 0.3) is 0 Å². The van der Waals surface area contributed by atoms with Gasteiger partial charge in [0.15, 0.2) is 0 Å². The molecule has 2 atom stereocenters. The second kappa shape index (κ2) is 4.92. The standard InChI is InChI=1S/C8H15N3O3/c1-2-5(9)3-7(12)10-6-4-14-11-8(6)13/h5-6H,2-4,9H2,1H3,(H,10,12)(H,11,13)/t5?,6-/m1/s1. The lowest BCUT2D eigenvalue weighted by molar-refractivity contribution is -0.128. The number of hydrogen-bond donors (Lipinski definition) is 3. The molecule has 0 aromatic rings. The average Bonchev–Trinajstić information content (AvgIpc) is 2.51. The number of nitrogens with two attached hydrogens (primary N) is 1. The zero-order chi connectivity index (χ0) is 10.6. The topological polar surface area (TPSA) is 93.5 Å². The summed E-state index contributed by atoms with van der Waals surface area (Å²) in [6.07, 6.45) is 0.973. The van der Waals surface area contributed by atoms with Crippen LogP contribution in [0.4, 0.5) is 0 Å². The first kappa shape index (κ1) is 10.9. The summed E-state index contributed by atoms with van der Waals surface area (Å²) in [5.74, 6) is -0.534. The summed E-state index contributed by atoms with van der Waals surface area (Å²) in [5.41, 5.74) is 7.75. The van der Waals surface area contributed by atoms with Crippen molar-refractivity contribution in [2.24, 2.45) is 5.73 Å². The Morgan fingerprint density at radius 1 is 1.86 bits per heavy atom. The Bertz CT molecular complexity index is 232. The molecule has 1 aliphatic heterocycles. The molecule has 0 saturated carbocycles. The van der Waals surface area contributed by atoms with Crippen LogP contribution in [0.2, 0.25) is 0 Å². The van der Waals surface area contributed by atoms with Gasteiger partial charge in [-0.2, -0.15) is 0 Å². The molecule has 1 saturated heterocycles. The summed E-state index contributed by atoms with van der Waals surface area (Å²) >= 11 is 0. The van der Waals surface area contributed by atoms with Crippen LogP contribution >= 0.6 is 0 Å². The number of hydroxylamine groups is 1. The van der Waals surface area contributed by atoms with Crippen molar-refractivity contribution in [3.8, 4) is 0 Å². The summed E-state index contributed by atoms with van der Waals surface area (Å²) in [4.78, 5) is 26.9. The van der Waals surface area contributed by atoms with Gasteiger partial charge in [0.05, 0.1) is 0 Å². The summed E-state index contributed by atoms with van der Waals surface area (Å²) in [6, 6.07) is -0.730. The van der Waals surface area contributed by atoms with Crippen LogP contribution in [-0.2, 0) is 14.4 Å². The Labute approximate surface area is 82.1 Å². The van der Waals surface area contributed by atoms with E-state index in [1.165, 1.54) is 0 Å². The minimum atomic E-state index is -0.577. The monoisotopic (exact) mass is 201 g/mol. The van der Waals surface area contributed by atoms with E-state index in [-0.39, 0.29) is 30.9 Å². The van der Waals surface area contributed by atoms with E-state index in [9.17, 15) is 9.59 Å². The highest BCUT2D eigenvalue weighted by atomic mass is 16.7. The van der Waals surface area contributed by atoms with Crippen LogP contribution in [0.15, 0.2) is 0 Å². The molecule has 0 radical (unpaired) electrons. The average molecular weight is 201 g/mol. The van der Waals surface area contributed by atoms with Gasteiger partial charge in [0, 0.05) is 12.5 Å². The molecule has 0 spiro atoms. The second-order valence-corrected chi connectivity index (χ2v) is 3.27.